The fourth-order valence-corrected chi connectivity index (χ4v) is 1.05. The van der Waals surface area contributed by atoms with Gasteiger partial charge in [0, 0.05) is 17.9 Å². The van der Waals surface area contributed by atoms with E-state index >= 15 is 0 Å². The molecule has 1 unspecified atom stereocenters. The first-order chi connectivity index (χ1) is 5.72. The number of rotatable bonds is 3. The van der Waals surface area contributed by atoms with Gasteiger partial charge in [-0.3, -0.25) is 0 Å². The summed E-state index contributed by atoms with van der Waals surface area (Å²) in [5.41, 5.74) is 1.03. The number of anilines is 1. The van der Waals surface area contributed by atoms with Crippen molar-refractivity contribution < 1.29 is 0 Å². The third-order valence-corrected chi connectivity index (χ3v) is 1.96. The lowest BCUT2D eigenvalue weighted by Gasteiger charge is -2.12. The highest BCUT2D eigenvalue weighted by atomic mass is 35.5. The molecule has 1 N–H and O–H groups in total. The van der Waals surface area contributed by atoms with Crippen molar-refractivity contribution in [3.05, 3.63) is 23.5 Å². The smallest absolute Gasteiger partial charge is 0.131 e. The SMILES string of the molecule is CCC(C)Nc1ccnc(Cl)c1. The molecule has 1 heterocycles. The van der Waals surface area contributed by atoms with E-state index in [1.807, 2.05) is 12.1 Å². The summed E-state index contributed by atoms with van der Waals surface area (Å²) in [4.78, 5) is 3.90. The monoisotopic (exact) mass is 184 g/mol. The molecule has 0 aliphatic heterocycles. The number of pyridine rings is 1. The van der Waals surface area contributed by atoms with Crippen LogP contribution in [0.25, 0.3) is 0 Å². The molecule has 0 aromatic carbocycles. The maximum atomic E-state index is 5.72. The molecular formula is C9H13ClN2. The molecule has 0 fully saturated rings. The fraction of sp³-hybridized carbons (Fsp3) is 0.444. The Morgan fingerprint density at radius 1 is 1.67 bits per heavy atom. The van der Waals surface area contributed by atoms with Crippen molar-refractivity contribution in [2.45, 2.75) is 26.3 Å². The Hall–Kier alpha value is -0.760. The van der Waals surface area contributed by atoms with E-state index in [-0.39, 0.29) is 0 Å². The summed E-state index contributed by atoms with van der Waals surface area (Å²) in [6.07, 6.45) is 2.80. The molecule has 3 heteroatoms. The van der Waals surface area contributed by atoms with Gasteiger partial charge < -0.3 is 5.32 Å². The van der Waals surface area contributed by atoms with Crippen molar-refractivity contribution >= 4 is 17.3 Å². The van der Waals surface area contributed by atoms with Crippen LogP contribution >= 0.6 is 11.6 Å². The fourth-order valence-electron chi connectivity index (χ4n) is 0.879. The lowest BCUT2D eigenvalue weighted by molar-refractivity contribution is 0.764. The van der Waals surface area contributed by atoms with E-state index in [0.29, 0.717) is 11.2 Å². The highest BCUT2D eigenvalue weighted by molar-refractivity contribution is 6.29. The third-order valence-electron chi connectivity index (χ3n) is 1.75. The second kappa shape index (κ2) is 4.31. The Labute approximate surface area is 78.0 Å². The zero-order valence-electron chi connectivity index (χ0n) is 7.34. The predicted molar refractivity (Wildman–Crippen MR) is 52.6 cm³/mol. The van der Waals surface area contributed by atoms with Crippen molar-refractivity contribution in [2.24, 2.45) is 0 Å². The number of nitrogens with zero attached hydrogens (tertiary/aromatic N) is 1. The minimum absolute atomic E-state index is 0.475. The highest BCUT2D eigenvalue weighted by Gasteiger charge is 1.98. The molecule has 1 rings (SSSR count). The zero-order valence-corrected chi connectivity index (χ0v) is 8.10. The Balaban J connectivity index is 2.63. The number of hydrogen-bond donors (Lipinski definition) is 1. The molecule has 0 aliphatic rings. The van der Waals surface area contributed by atoms with Crippen LogP contribution in [-0.4, -0.2) is 11.0 Å². The van der Waals surface area contributed by atoms with Crippen molar-refractivity contribution in [3.8, 4) is 0 Å². The molecule has 0 amide bonds. The Kier molecular flexibility index (Phi) is 3.35. The maximum absolute atomic E-state index is 5.72. The van der Waals surface area contributed by atoms with E-state index in [9.17, 15) is 0 Å². The standard InChI is InChI=1S/C9H13ClN2/c1-3-7(2)12-8-4-5-11-9(10)6-8/h4-7H,3H2,1-2H3,(H,11,12). The van der Waals surface area contributed by atoms with Crippen LogP contribution in [-0.2, 0) is 0 Å². The van der Waals surface area contributed by atoms with Crippen LogP contribution in [0.4, 0.5) is 5.69 Å². The summed E-state index contributed by atoms with van der Waals surface area (Å²) < 4.78 is 0. The first kappa shape index (κ1) is 9.33. The van der Waals surface area contributed by atoms with Crippen LogP contribution < -0.4 is 5.32 Å². The van der Waals surface area contributed by atoms with Gasteiger partial charge in [-0.15, -0.1) is 0 Å². The van der Waals surface area contributed by atoms with E-state index in [2.05, 4.69) is 24.1 Å². The summed E-state index contributed by atoms with van der Waals surface area (Å²) in [5, 5.41) is 3.84. The molecular weight excluding hydrogens is 172 g/mol. The molecule has 0 aliphatic carbocycles. The summed E-state index contributed by atoms with van der Waals surface area (Å²) in [7, 11) is 0. The summed E-state index contributed by atoms with van der Waals surface area (Å²) >= 11 is 5.72. The number of hydrogen-bond acceptors (Lipinski definition) is 2. The van der Waals surface area contributed by atoms with Gasteiger partial charge in [0.05, 0.1) is 0 Å². The second-order valence-corrected chi connectivity index (χ2v) is 3.21. The Morgan fingerprint density at radius 3 is 3.00 bits per heavy atom. The van der Waals surface area contributed by atoms with E-state index in [0.717, 1.165) is 12.1 Å². The molecule has 2 nitrogen and oxygen atoms in total. The molecule has 66 valence electrons. The van der Waals surface area contributed by atoms with Gasteiger partial charge >= 0.3 is 0 Å². The first-order valence-electron chi connectivity index (χ1n) is 4.10. The van der Waals surface area contributed by atoms with Gasteiger partial charge in [0.2, 0.25) is 0 Å². The van der Waals surface area contributed by atoms with Gasteiger partial charge in [-0.05, 0) is 25.5 Å². The van der Waals surface area contributed by atoms with E-state index in [1.54, 1.807) is 6.20 Å². The minimum atomic E-state index is 0.475. The first-order valence-corrected chi connectivity index (χ1v) is 4.48. The zero-order chi connectivity index (χ0) is 8.97. The molecule has 0 saturated carbocycles. The molecule has 1 aromatic rings. The molecule has 0 saturated heterocycles. The van der Waals surface area contributed by atoms with E-state index in [4.69, 9.17) is 11.6 Å². The van der Waals surface area contributed by atoms with Crippen LogP contribution in [0.15, 0.2) is 18.3 Å². The van der Waals surface area contributed by atoms with Crippen LogP contribution in [0.2, 0.25) is 5.15 Å². The molecule has 0 bridgehead atoms. The van der Waals surface area contributed by atoms with Gasteiger partial charge in [0.25, 0.3) is 0 Å². The molecule has 0 radical (unpaired) electrons. The van der Waals surface area contributed by atoms with Crippen LogP contribution in [0.3, 0.4) is 0 Å². The minimum Gasteiger partial charge on any atom is -0.382 e. The van der Waals surface area contributed by atoms with Gasteiger partial charge in [0.1, 0.15) is 5.15 Å². The van der Waals surface area contributed by atoms with Crippen molar-refractivity contribution in [3.63, 3.8) is 0 Å². The van der Waals surface area contributed by atoms with Crippen molar-refractivity contribution in [2.75, 3.05) is 5.32 Å². The summed E-state index contributed by atoms with van der Waals surface area (Å²) in [5.74, 6) is 0. The van der Waals surface area contributed by atoms with Crippen molar-refractivity contribution in [1.82, 2.24) is 4.98 Å². The maximum Gasteiger partial charge on any atom is 0.131 e. The quantitative estimate of drug-likeness (QED) is 0.731. The van der Waals surface area contributed by atoms with Crippen molar-refractivity contribution in [1.29, 1.82) is 0 Å². The van der Waals surface area contributed by atoms with E-state index in [1.165, 1.54) is 0 Å². The largest absolute Gasteiger partial charge is 0.382 e. The third kappa shape index (κ3) is 2.70. The van der Waals surface area contributed by atoms with Crippen LogP contribution in [0.5, 0.6) is 0 Å². The Bertz CT molecular complexity index is 250. The van der Waals surface area contributed by atoms with Gasteiger partial charge in [0.15, 0.2) is 0 Å². The van der Waals surface area contributed by atoms with Crippen LogP contribution in [0.1, 0.15) is 20.3 Å². The lowest BCUT2D eigenvalue weighted by Crippen LogP contribution is -2.13. The topological polar surface area (TPSA) is 24.9 Å². The average molecular weight is 185 g/mol. The molecule has 12 heavy (non-hydrogen) atoms. The highest BCUT2D eigenvalue weighted by Crippen LogP contribution is 2.13. The normalized spacial score (nSPS) is 12.6. The summed E-state index contributed by atoms with van der Waals surface area (Å²) in [6.45, 7) is 4.27. The predicted octanol–water partition coefficient (Wildman–Crippen LogP) is 2.95. The number of nitrogens with one attached hydrogen (secondary N) is 1. The molecule has 1 aromatic heterocycles. The average Bonchev–Trinajstić information content (AvgIpc) is 2.04. The molecule has 0 spiro atoms. The van der Waals surface area contributed by atoms with Gasteiger partial charge in [-0.25, -0.2) is 4.98 Å². The van der Waals surface area contributed by atoms with Gasteiger partial charge in [-0.1, -0.05) is 18.5 Å². The Morgan fingerprint density at radius 2 is 2.42 bits per heavy atom. The number of halogens is 1. The van der Waals surface area contributed by atoms with E-state index < -0.39 is 0 Å². The van der Waals surface area contributed by atoms with Gasteiger partial charge in [-0.2, -0.15) is 0 Å². The number of aromatic nitrogens is 1. The lowest BCUT2D eigenvalue weighted by atomic mass is 10.2. The second-order valence-electron chi connectivity index (χ2n) is 2.82. The molecule has 1 atom stereocenters. The summed E-state index contributed by atoms with van der Waals surface area (Å²) in [6, 6.07) is 4.22. The van der Waals surface area contributed by atoms with Crippen LogP contribution in [0, 0.1) is 0 Å².